The van der Waals surface area contributed by atoms with E-state index in [0.29, 0.717) is 0 Å². The standard InChI is InChI=1S/C8H9NO6S2.CH5N3/c1-6(10)15-17(13,14)8-4-2-3-7(5-8)16(9,11)12;2-1(3)4/h2-5H,1H3,(H2,9,11,12);(H5,2,3,4). The SMILES string of the molecule is CC(=O)OS(=O)(=O)c1cccc(S(N)(=O)=O)c1.N=C(N)N. The maximum Gasteiger partial charge on any atom is 0.341 e. The van der Waals surface area contributed by atoms with E-state index >= 15 is 0 Å². The number of guanidine groups is 1. The summed E-state index contributed by atoms with van der Waals surface area (Å²) in [4.78, 5) is 9.73. The van der Waals surface area contributed by atoms with Gasteiger partial charge in [-0.3, -0.25) is 10.2 Å². The van der Waals surface area contributed by atoms with Crippen LogP contribution in [0.25, 0.3) is 0 Å². The van der Waals surface area contributed by atoms with Crippen molar-refractivity contribution in [3.63, 3.8) is 0 Å². The van der Waals surface area contributed by atoms with Crippen LogP contribution < -0.4 is 16.6 Å². The number of nitrogens with two attached hydrogens (primary N) is 3. The fourth-order valence-electron chi connectivity index (χ4n) is 1.01. The normalized spacial score (nSPS) is 11.0. The molecule has 0 aliphatic carbocycles. The molecule has 0 saturated carbocycles. The second kappa shape index (κ2) is 7.01. The largest absolute Gasteiger partial charge is 0.370 e. The van der Waals surface area contributed by atoms with E-state index in [4.69, 9.17) is 10.5 Å². The van der Waals surface area contributed by atoms with Gasteiger partial charge in [-0.1, -0.05) is 6.07 Å². The summed E-state index contributed by atoms with van der Waals surface area (Å²) in [5.41, 5.74) is 8.94. The van der Waals surface area contributed by atoms with E-state index < -0.39 is 31.0 Å². The van der Waals surface area contributed by atoms with Crippen LogP contribution in [-0.2, 0) is 29.1 Å². The lowest BCUT2D eigenvalue weighted by atomic mass is 10.4. The van der Waals surface area contributed by atoms with Crippen LogP contribution in [0.2, 0.25) is 0 Å². The number of hydrogen-bond acceptors (Lipinski definition) is 7. The molecular weight excluding hydrogens is 324 g/mol. The Labute approximate surface area is 121 Å². The maximum absolute atomic E-state index is 11.4. The van der Waals surface area contributed by atoms with E-state index in [9.17, 15) is 21.6 Å². The first-order chi connectivity index (χ1) is 9.36. The van der Waals surface area contributed by atoms with Crippen LogP contribution in [0.1, 0.15) is 6.92 Å². The van der Waals surface area contributed by atoms with Crippen LogP contribution in [0.4, 0.5) is 0 Å². The third-order valence-electron chi connectivity index (χ3n) is 1.65. The molecule has 1 aromatic rings. The van der Waals surface area contributed by atoms with E-state index in [2.05, 4.69) is 15.7 Å². The lowest BCUT2D eigenvalue weighted by Gasteiger charge is -2.04. The quantitative estimate of drug-likeness (QED) is 0.287. The van der Waals surface area contributed by atoms with Crippen molar-refractivity contribution in [2.75, 3.05) is 0 Å². The molecular formula is C9H14N4O6S2. The summed E-state index contributed by atoms with van der Waals surface area (Å²) < 4.78 is 49.0. The molecule has 0 amide bonds. The molecule has 0 spiro atoms. The summed E-state index contributed by atoms with van der Waals surface area (Å²) in [5, 5.41) is 10.9. The van der Waals surface area contributed by atoms with Gasteiger partial charge in [0.05, 0.1) is 4.90 Å². The molecule has 1 aromatic carbocycles. The number of benzene rings is 1. The molecule has 0 heterocycles. The number of hydrogen-bond donors (Lipinski definition) is 4. The summed E-state index contributed by atoms with van der Waals surface area (Å²) >= 11 is 0. The number of primary sulfonamides is 1. The Kier molecular flexibility index (Phi) is 6.28. The van der Waals surface area contributed by atoms with Crippen molar-refractivity contribution in [3.05, 3.63) is 24.3 Å². The van der Waals surface area contributed by atoms with Crippen LogP contribution in [0.5, 0.6) is 0 Å². The molecule has 0 aliphatic rings. The van der Waals surface area contributed by atoms with Gasteiger partial charge < -0.3 is 15.7 Å². The highest BCUT2D eigenvalue weighted by Gasteiger charge is 2.20. The van der Waals surface area contributed by atoms with Gasteiger partial charge in [0.2, 0.25) is 10.0 Å². The summed E-state index contributed by atoms with van der Waals surface area (Å²) in [6.45, 7) is 0.918. The summed E-state index contributed by atoms with van der Waals surface area (Å²) in [5.74, 6) is -1.36. The molecule has 0 unspecified atom stereocenters. The van der Waals surface area contributed by atoms with Crippen LogP contribution in [0.15, 0.2) is 34.1 Å². The Morgan fingerprint density at radius 1 is 1.14 bits per heavy atom. The zero-order chi connectivity index (χ0) is 16.8. The fraction of sp³-hybridized carbons (Fsp3) is 0.111. The van der Waals surface area contributed by atoms with Gasteiger partial charge in [-0.05, 0) is 18.2 Å². The molecule has 0 aliphatic heterocycles. The summed E-state index contributed by atoms with van der Waals surface area (Å²) in [7, 11) is -8.33. The third-order valence-corrected chi connectivity index (χ3v) is 3.85. The molecule has 0 aromatic heterocycles. The van der Waals surface area contributed by atoms with Crippen molar-refractivity contribution < 1.29 is 25.8 Å². The van der Waals surface area contributed by atoms with Crippen molar-refractivity contribution in [3.8, 4) is 0 Å². The average Bonchev–Trinajstić information content (AvgIpc) is 2.25. The second-order valence-electron chi connectivity index (χ2n) is 3.50. The molecule has 1 rings (SSSR count). The van der Waals surface area contributed by atoms with Crippen molar-refractivity contribution in [2.24, 2.45) is 16.6 Å². The van der Waals surface area contributed by atoms with Crippen molar-refractivity contribution in [1.29, 1.82) is 5.41 Å². The Hall–Kier alpha value is -2.18. The van der Waals surface area contributed by atoms with Crippen molar-refractivity contribution >= 4 is 32.1 Å². The molecule has 7 N–H and O–H groups in total. The number of sulfonamides is 1. The first-order valence-corrected chi connectivity index (χ1v) is 7.99. The van der Waals surface area contributed by atoms with Gasteiger partial charge in [0.25, 0.3) is 0 Å². The van der Waals surface area contributed by atoms with E-state index in [0.717, 1.165) is 25.1 Å². The van der Waals surface area contributed by atoms with E-state index in [1.54, 1.807) is 0 Å². The van der Waals surface area contributed by atoms with Gasteiger partial charge >= 0.3 is 16.1 Å². The molecule has 0 fully saturated rings. The molecule has 118 valence electrons. The smallest absolute Gasteiger partial charge is 0.341 e. The number of carbonyl (C=O) groups excluding carboxylic acids is 1. The Balaban J connectivity index is 0.000000885. The lowest BCUT2D eigenvalue weighted by molar-refractivity contribution is -0.131. The minimum Gasteiger partial charge on any atom is -0.370 e. The molecule has 0 radical (unpaired) electrons. The van der Waals surface area contributed by atoms with Crippen molar-refractivity contribution in [1.82, 2.24) is 0 Å². The first-order valence-electron chi connectivity index (χ1n) is 5.03. The van der Waals surface area contributed by atoms with E-state index in [-0.39, 0.29) is 10.9 Å². The zero-order valence-electron chi connectivity index (χ0n) is 10.8. The summed E-state index contributed by atoms with van der Waals surface area (Å²) in [6.07, 6.45) is 0. The Morgan fingerprint density at radius 2 is 1.57 bits per heavy atom. The Bertz CT molecular complexity index is 737. The molecule has 0 bridgehead atoms. The van der Waals surface area contributed by atoms with Crippen LogP contribution in [0, 0.1) is 5.41 Å². The topological polar surface area (TPSA) is 196 Å². The fourth-order valence-corrected chi connectivity index (χ4v) is 2.57. The zero-order valence-corrected chi connectivity index (χ0v) is 12.4. The highest BCUT2D eigenvalue weighted by Crippen LogP contribution is 2.16. The predicted octanol–water partition coefficient (Wildman–Crippen LogP) is -1.58. The number of nitrogens with one attached hydrogen (secondary N) is 1. The molecule has 21 heavy (non-hydrogen) atoms. The first kappa shape index (κ1) is 18.8. The average molecular weight is 338 g/mol. The minimum absolute atomic E-state index is 0.333. The van der Waals surface area contributed by atoms with Crippen LogP contribution in [0.3, 0.4) is 0 Å². The van der Waals surface area contributed by atoms with Gasteiger partial charge in [-0.15, -0.1) is 0 Å². The maximum atomic E-state index is 11.4. The van der Waals surface area contributed by atoms with Crippen LogP contribution in [-0.4, -0.2) is 28.8 Å². The van der Waals surface area contributed by atoms with Crippen molar-refractivity contribution in [2.45, 2.75) is 16.7 Å². The highest BCUT2D eigenvalue weighted by atomic mass is 32.2. The number of rotatable bonds is 3. The minimum atomic E-state index is -4.31. The molecule has 10 nitrogen and oxygen atoms in total. The molecule has 0 saturated heterocycles. The van der Waals surface area contributed by atoms with Gasteiger partial charge in [0.1, 0.15) is 4.90 Å². The van der Waals surface area contributed by atoms with E-state index in [1.165, 1.54) is 6.07 Å². The third kappa shape index (κ3) is 7.24. The predicted molar refractivity (Wildman–Crippen MR) is 72.9 cm³/mol. The van der Waals surface area contributed by atoms with E-state index in [1.807, 2.05) is 0 Å². The van der Waals surface area contributed by atoms with Gasteiger partial charge in [-0.25, -0.2) is 13.6 Å². The van der Waals surface area contributed by atoms with Gasteiger partial charge in [-0.2, -0.15) is 8.42 Å². The van der Waals surface area contributed by atoms with Gasteiger partial charge in [0.15, 0.2) is 5.96 Å². The Morgan fingerprint density at radius 3 is 1.95 bits per heavy atom. The molecule has 0 atom stereocenters. The monoisotopic (exact) mass is 338 g/mol. The summed E-state index contributed by atoms with van der Waals surface area (Å²) in [6, 6.07) is 4.21. The highest BCUT2D eigenvalue weighted by molar-refractivity contribution is 7.89. The van der Waals surface area contributed by atoms with Crippen LogP contribution >= 0.6 is 0 Å². The van der Waals surface area contributed by atoms with Gasteiger partial charge in [0, 0.05) is 6.92 Å². The second-order valence-corrected chi connectivity index (χ2v) is 6.61. The molecule has 12 heteroatoms. The lowest BCUT2D eigenvalue weighted by Crippen LogP contribution is -2.20. The number of carbonyl (C=O) groups is 1.